The lowest BCUT2D eigenvalue weighted by Gasteiger charge is -2.20. The smallest absolute Gasteiger partial charge is 0.123 e. The summed E-state index contributed by atoms with van der Waals surface area (Å²) in [5, 5.41) is 3.51. The van der Waals surface area contributed by atoms with Crippen LogP contribution < -0.4 is 10.2 Å². The normalized spacial score (nSPS) is 12.4. The van der Waals surface area contributed by atoms with Crippen molar-refractivity contribution in [2.24, 2.45) is 0 Å². The molecule has 0 aliphatic heterocycles. The lowest BCUT2D eigenvalue weighted by Crippen LogP contribution is -2.19. The number of anilines is 1. The molecule has 3 nitrogen and oxygen atoms in total. The van der Waals surface area contributed by atoms with Crippen LogP contribution in [0.2, 0.25) is 0 Å². The van der Waals surface area contributed by atoms with Crippen molar-refractivity contribution in [2.75, 3.05) is 18.5 Å². The number of rotatable bonds is 7. The first kappa shape index (κ1) is 15.6. The van der Waals surface area contributed by atoms with E-state index < -0.39 is 0 Å². The van der Waals surface area contributed by atoms with Crippen molar-refractivity contribution in [3.63, 3.8) is 0 Å². The third kappa shape index (κ3) is 4.36. The summed E-state index contributed by atoms with van der Waals surface area (Å²) < 4.78 is 5.63. The Morgan fingerprint density at radius 3 is 2.43 bits per heavy atom. The zero-order chi connectivity index (χ0) is 15.2. The van der Waals surface area contributed by atoms with Gasteiger partial charge < -0.3 is 14.6 Å². The van der Waals surface area contributed by atoms with Gasteiger partial charge in [0.2, 0.25) is 0 Å². The predicted molar refractivity (Wildman–Crippen MR) is 88.7 cm³/mol. The monoisotopic (exact) mass is 286 g/mol. The summed E-state index contributed by atoms with van der Waals surface area (Å²) in [6.07, 6.45) is 1.16. The van der Waals surface area contributed by atoms with Crippen LogP contribution in [0.5, 0.6) is 0 Å². The number of hydrogen-bond donors (Lipinski definition) is 1. The highest BCUT2D eigenvalue weighted by molar-refractivity contribution is 5.47. The zero-order valence-electron chi connectivity index (χ0n) is 13.5. The van der Waals surface area contributed by atoms with Gasteiger partial charge in [0.15, 0.2) is 0 Å². The molecule has 0 bridgehead atoms. The minimum atomic E-state index is 0.400. The maximum Gasteiger partial charge on any atom is 0.123 e. The van der Waals surface area contributed by atoms with Gasteiger partial charge in [0, 0.05) is 18.8 Å². The maximum atomic E-state index is 5.63. The summed E-state index contributed by atoms with van der Waals surface area (Å²) in [7, 11) is 2.09. The van der Waals surface area contributed by atoms with Gasteiger partial charge in [0.25, 0.3) is 0 Å². The van der Waals surface area contributed by atoms with Crippen molar-refractivity contribution >= 4 is 5.69 Å². The molecular weight excluding hydrogens is 260 g/mol. The average molecular weight is 286 g/mol. The maximum absolute atomic E-state index is 5.63. The molecular formula is C18H26N2O. The van der Waals surface area contributed by atoms with Crippen molar-refractivity contribution in [3.05, 3.63) is 53.5 Å². The summed E-state index contributed by atoms with van der Waals surface area (Å²) >= 11 is 0. The lowest BCUT2D eigenvalue weighted by molar-refractivity contribution is 0.482. The highest BCUT2D eigenvalue weighted by Gasteiger charge is 2.07. The molecule has 0 fully saturated rings. The number of benzene rings is 1. The minimum Gasteiger partial charge on any atom is -0.464 e. The fourth-order valence-corrected chi connectivity index (χ4v) is 2.39. The fourth-order valence-electron chi connectivity index (χ4n) is 2.39. The molecule has 0 saturated carbocycles. The van der Waals surface area contributed by atoms with E-state index in [0.29, 0.717) is 6.04 Å². The standard InChI is InChI=1S/C18H26N2O/c1-5-12-19-15(3)16-7-9-17(10-8-16)20(4)13-18-11-6-14(2)21-18/h6-11,15,19H,5,12-13H2,1-4H3. The number of nitrogens with zero attached hydrogens (tertiary/aromatic N) is 1. The molecule has 0 spiro atoms. The van der Waals surface area contributed by atoms with Gasteiger partial charge in [-0.05, 0) is 56.6 Å². The number of aryl methyl sites for hydroxylation is 1. The third-order valence-corrected chi connectivity index (χ3v) is 3.72. The van der Waals surface area contributed by atoms with E-state index in [0.717, 1.165) is 31.0 Å². The Hall–Kier alpha value is -1.74. The first-order valence-electron chi connectivity index (χ1n) is 7.70. The van der Waals surface area contributed by atoms with E-state index in [1.165, 1.54) is 11.3 Å². The van der Waals surface area contributed by atoms with Crippen LogP contribution in [0, 0.1) is 6.92 Å². The van der Waals surface area contributed by atoms with Gasteiger partial charge in [0.05, 0.1) is 6.54 Å². The van der Waals surface area contributed by atoms with Crippen LogP contribution in [0.25, 0.3) is 0 Å². The number of furan rings is 1. The molecule has 2 rings (SSSR count). The molecule has 1 heterocycles. The van der Waals surface area contributed by atoms with Crippen LogP contribution in [0.3, 0.4) is 0 Å². The number of nitrogens with one attached hydrogen (secondary N) is 1. The van der Waals surface area contributed by atoms with Crippen LogP contribution in [0.4, 0.5) is 5.69 Å². The van der Waals surface area contributed by atoms with Crippen molar-refractivity contribution < 1.29 is 4.42 Å². The molecule has 0 aliphatic carbocycles. The second-order valence-corrected chi connectivity index (χ2v) is 5.64. The van der Waals surface area contributed by atoms with Crippen molar-refractivity contribution in [1.29, 1.82) is 0 Å². The zero-order valence-corrected chi connectivity index (χ0v) is 13.5. The second kappa shape index (κ2) is 7.32. The quantitative estimate of drug-likeness (QED) is 0.823. The highest BCUT2D eigenvalue weighted by Crippen LogP contribution is 2.20. The second-order valence-electron chi connectivity index (χ2n) is 5.64. The van der Waals surface area contributed by atoms with Crippen LogP contribution in [0.15, 0.2) is 40.8 Å². The van der Waals surface area contributed by atoms with E-state index in [-0.39, 0.29) is 0 Å². The van der Waals surface area contributed by atoms with Crippen molar-refractivity contribution in [3.8, 4) is 0 Å². The Morgan fingerprint density at radius 1 is 1.14 bits per heavy atom. The molecule has 1 N–H and O–H groups in total. The van der Waals surface area contributed by atoms with Gasteiger partial charge in [-0.15, -0.1) is 0 Å². The summed E-state index contributed by atoms with van der Waals surface area (Å²) in [4.78, 5) is 2.20. The topological polar surface area (TPSA) is 28.4 Å². The van der Waals surface area contributed by atoms with Crippen LogP contribution >= 0.6 is 0 Å². The molecule has 0 amide bonds. The molecule has 21 heavy (non-hydrogen) atoms. The molecule has 3 heteroatoms. The van der Waals surface area contributed by atoms with E-state index in [1.807, 2.05) is 19.1 Å². The van der Waals surface area contributed by atoms with Gasteiger partial charge in [-0.1, -0.05) is 19.1 Å². The highest BCUT2D eigenvalue weighted by atomic mass is 16.3. The average Bonchev–Trinajstić information content (AvgIpc) is 2.90. The molecule has 2 aromatic rings. The van der Waals surface area contributed by atoms with E-state index in [2.05, 4.69) is 55.4 Å². The Morgan fingerprint density at radius 2 is 1.86 bits per heavy atom. The van der Waals surface area contributed by atoms with Crippen molar-refractivity contribution in [1.82, 2.24) is 5.32 Å². The van der Waals surface area contributed by atoms with E-state index in [9.17, 15) is 0 Å². The Kier molecular flexibility index (Phi) is 5.45. The molecule has 0 aliphatic rings. The summed E-state index contributed by atoms with van der Waals surface area (Å²) in [6.45, 7) is 8.22. The molecule has 1 aromatic heterocycles. The molecule has 0 saturated heterocycles. The van der Waals surface area contributed by atoms with E-state index in [4.69, 9.17) is 4.42 Å². The minimum absolute atomic E-state index is 0.400. The van der Waals surface area contributed by atoms with Gasteiger partial charge in [-0.3, -0.25) is 0 Å². The van der Waals surface area contributed by atoms with Crippen molar-refractivity contribution in [2.45, 2.75) is 39.8 Å². The summed E-state index contributed by atoms with van der Waals surface area (Å²) in [5.74, 6) is 1.96. The van der Waals surface area contributed by atoms with Gasteiger partial charge in [0.1, 0.15) is 11.5 Å². The van der Waals surface area contributed by atoms with Crippen LogP contribution in [0.1, 0.15) is 43.4 Å². The largest absolute Gasteiger partial charge is 0.464 e. The van der Waals surface area contributed by atoms with E-state index in [1.54, 1.807) is 0 Å². The summed E-state index contributed by atoms with van der Waals surface area (Å²) in [5.41, 5.74) is 2.53. The third-order valence-electron chi connectivity index (χ3n) is 3.72. The molecule has 114 valence electrons. The number of hydrogen-bond acceptors (Lipinski definition) is 3. The van der Waals surface area contributed by atoms with Crippen LogP contribution in [-0.2, 0) is 6.54 Å². The summed E-state index contributed by atoms with van der Waals surface area (Å²) in [6, 6.07) is 13.2. The van der Waals surface area contributed by atoms with Crippen LogP contribution in [-0.4, -0.2) is 13.6 Å². The Balaban J connectivity index is 1.97. The molecule has 0 radical (unpaired) electrons. The van der Waals surface area contributed by atoms with Gasteiger partial charge in [-0.2, -0.15) is 0 Å². The van der Waals surface area contributed by atoms with Gasteiger partial charge in [-0.25, -0.2) is 0 Å². The Bertz CT molecular complexity index is 545. The fraction of sp³-hybridized carbons (Fsp3) is 0.444. The molecule has 1 unspecified atom stereocenters. The van der Waals surface area contributed by atoms with Gasteiger partial charge >= 0.3 is 0 Å². The predicted octanol–water partition coefficient (Wildman–Crippen LogP) is 4.29. The van der Waals surface area contributed by atoms with E-state index >= 15 is 0 Å². The molecule has 1 atom stereocenters. The molecule has 1 aromatic carbocycles. The first-order valence-corrected chi connectivity index (χ1v) is 7.70. The Labute approximate surface area is 128 Å². The SMILES string of the molecule is CCCNC(C)c1ccc(N(C)Cc2ccc(C)o2)cc1. The first-order chi connectivity index (χ1) is 10.1. The lowest BCUT2D eigenvalue weighted by atomic mass is 10.1.